The molecule has 2 heterocycles. The van der Waals surface area contributed by atoms with Crippen molar-refractivity contribution in [2.45, 2.75) is 12.1 Å². The highest BCUT2D eigenvalue weighted by molar-refractivity contribution is 6.31. The maximum Gasteiger partial charge on any atom is 0.265 e. The summed E-state index contributed by atoms with van der Waals surface area (Å²) < 4.78 is 34.7. The van der Waals surface area contributed by atoms with Gasteiger partial charge in [-0.2, -0.15) is 5.10 Å². The lowest BCUT2D eigenvalue weighted by Crippen LogP contribution is -2.50. The molecule has 1 aromatic heterocycles. The van der Waals surface area contributed by atoms with Crippen molar-refractivity contribution in [3.63, 3.8) is 0 Å². The lowest BCUT2D eigenvalue weighted by molar-refractivity contribution is -0.122. The Bertz CT molecular complexity index is 1060. The minimum atomic E-state index is -1.95. The summed E-state index contributed by atoms with van der Waals surface area (Å²) in [7, 11) is 0. The summed E-state index contributed by atoms with van der Waals surface area (Å²) in [5.74, 6) is -1.77. The number of β-amino-alcohol motifs (C(OH)–C–C–N with tert-alkyl or cyclic N) is 1. The first-order valence-corrected chi connectivity index (χ1v) is 8.96. The van der Waals surface area contributed by atoms with E-state index in [9.17, 15) is 18.7 Å². The van der Waals surface area contributed by atoms with Gasteiger partial charge in [0.15, 0.2) is 6.61 Å². The molecule has 7 nitrogen and oxygen atoms in total. The van der Waals surface area contributed by atoms with Gasteiger partial charge < -0.3 is 14.7 Å². The van der Waals surface area contributed by atoms with Gasteiger partial charge in [0.1, 0.15) is 35.6 Å². The summed E-state index contributed by atoms with van der Waals surface area (Å²) in [6, 6.07) is 7.59. The third-order valence-electron chi connectivity index (χ3n) is 4.61. The van der Waals surface area contributed by atoms with E-state index < -0.39 is 23.1 Å². The highest BCUT2D eigenvalue weighted by atomic mass is 35.5. The fourth-order valence-electron chi connectivity index (χ4n) is 3.28. The number of anilines is 1. The Morgan fingerprint density at radius 1 is 1.21 bits per heavy atom. The third kappa shape index (κ3) is 3.79. The number of hydrogen-bond donors (Lipinski definition) is 1. The van der Waals surface area contributed by atoms with Crippen LogP contribution < -0.4 is 9.64 Å². The highest BCUT2D eigenvalue weighted by Gasteiger charge is 2.39. The van der Waals surface area contributed by atoms with Crippen molar-refractivity contribution < 1.29 is 23.4 Å². The van der Waals surface area contributed by atoms with Crippen LogP contribution in [0.1, 0.15) is 5.56 Å². The first-order chi connectivity index (χ1) is 13.9. The van der Waals surface area contributed by atoms with Crippen LogP contribution in [0, 0.1) is 11.6 Å². The van der Waals surface area contributed by atoms with Crippen LogP contribution in [0.15, 0.2) is 49.1 Å². The van der Waals surface area contributed by atoms with Crippen molar-refractivity contribution >= 4 is 23.2 Å². The normalized spacial score (nSPS) is 15.6. The van der Waals surface area contributed by atoms with E-state index in [2.05, 4.69) is 10.1 Å². The monoisotopic (exact) mass is 420 g/mol. The van der Waals surface area contributed by atoms with E-state index in [4.69, 9.17) is 16.3 Å². The van der Waals surface area contributed by atoms with Crippen molar-refractivity contribution in [1.82, 2.24) is 14.8 Å². The second-order valence-corrected chi connectivity index (χ2v) is 7.07. The number of carbonyl (C=O) groups is 1. The van der Waals surface area contributed by atoms with Gasteiger partial charge in [0.2, 0.25) is 0 Å². The van der Waals surface area contributed by atoms with Crippen LogP contribution in [0.2, 0.25) is 5.02 Å². The molecule has 29 heavy (non-hydrogen) atoms. The van der Waals surface area contributed by atoms with Crippen LogP contribution in [-0.2, 0) is 16.9 Å². The maximum atomic E-state index is 14.6. The number of benzene rings is 2. The summed E-state index contributed by atoms with van der Waals surface area (Å²) in [6.07, 6.45) is 2.61. The molecule has 0 radical (unpaired) electrons. The molecule has 2 aromatic carbocycles. The Labute approximate surface area is 169 Å². The van der Waals surface area contributed by atoms with Crippen molar-refractivity contribution in [3.05, 3.63) is 71.3 Å². The number of rotatable bonds is 5. The van der Waals surface area contributed by atoms with E-state index in [1.54, 1.807) is 12.1 Å². The summed E-state index contributed by atoms with van der Waals surface area (Å²) >= 11 is 6.06. The fraction of sp³-hybridized carbons (Fsp3) is 0.211. The number of amides is 1. The van der Waals surface area contributed by atoms with Gasteiger partial charge in [0.05, 0.1) is 18.8 Å². The zero-order valence-corrected chi connectivity index (χ0v) is 15.7. The Morgan fingerprint density at radius 3 is 2.76 bits per heavy atom. The number of nitrogens with zero attached hydrogens (tertiary/aromatic N) is 4. The predicted molar refractivity (Wildman–Crippen MR) is 99.6 cm³/mol. The molecule has 1 atom stereocenters. The number of ether oxygens (including phenoxy) is 1. The molecule has 4 rings (SSSR count). The van der Waals surface area contributed by atoms with Crippen LogP contribution in [0.5, 0.6) is 5.75 Å². The molecule has 1 N–H and O–H groups in total. The lowest BCUT2D eigenvalue weighted by atomic mass is 9.91. The molecular weight excluding hydrogens is 406 g/mol. The fourth-order valence-corrected chi connectivity index (χ4v) is 3.45. The lowest BCUT2D eigenvalue weighted by Gasteiger charge is -2.37. The molecule has 0 saturated heterocycles. The molecule has 150 valence electrons. The molecule has 0 aliphatic carbocycles. The van der Waals surface area contributed by atoms with Crippen molar-refractivity contribution in [2.75, 3.05) is 18.1 Å². The predicted octanol–water partition coefficient (Wildman–Crippen LogP) is 2.52. The molecule has 1 aliphatic heterocycles. The van der Waals surface area contributed by atoms with Gasteiger partial charge in [0, 0.05) is 16.7 Å². The second kappa shape index (κ2) is 7.41. The first kappa shape index (κ1) is 19.3. The van der Waals surface area contributed by atoms with Crippen LogP contribution in [0.3, 0.4) is 0 Å². The number of aromatic nitrogens is 3. The molecule has 1 aliphatic rings. The molecule has 10 heteroatoms. The Hall–Kier alpha value is -3.04. The number of carbonyl (C=O) groups excluding carboxylic acids is 1. The molecule has 0 saturated carbocycles. The summed E-state index contributed by atoms with van der Waals surface area (Å²) in [4.78, 5) is 17.7. The van der Waals surface area contributed by atoms with Gasteiger partial charge in [-0.1, -0.05) is 17.7 Å². The Kier molecular flexibility index (Phi) is 4.93. The van der Waals surface area contributed by atoms with Crippen LogP contribution >= 0.6 is 11.6 Å². The second-order valence-electron chi connectivity index (χ2n) is 6.63. The van der Waals surface area contributed by atoms with Crippen molar-refractivity contribution in [2.24, 2.45) is 0 Å². The minimum absolute atomic E-state index is 0.183. The van der Waals surface area contributed by atoms with Gasteiger partial charge >= 0.3 is 0 Å². The van der Waals surface area contributed by atoms with Crippen molar-refractivity contribution in [1.29, 1.82) is 0 Å². The first-order valence-electron chi connectivity index (χ1n) is 8.59. The number of fused-ring (bicyclic) bond motifs is 1. The van der Waals surface area contributed by atoms with Gasteiger partial charge in [-0.25, -0.2) is 18.4 Å². The summed E-state index contributed by atoms with van der Waals surface area (Å²) in [6.45, 7) is -0.818. The number of halogens is 3. The standard InChI is InChI=1S/C19H15ClF2N4O3/c20-12-1-4-17-16(5-12)26(18(27)7-29-17)9-19(28,8-25-11-23-10-24-25)14-3-2-13(21)6-15(14)22/h1-6,10-11,28H,7-9H2. The van der Waals surface area contributed by atoms with Gasteiger partial charge in [0.25, 0.3) is 5.91 Å². The third-order valence-corrected chi connectivity index (χ3v) is 4.84. The Balaban J connectivity index is 1.78. The zero-order chi connectivity index (χ0) is 20.6. The quantitative estimate of drug-likeness (QED) is 0.686. The smallest absolute Gasteiger partial charge is 0.265 e. The van der Waals surface area contributed by atoms with Crippen LogP contribution in [-0.4, -0.2) is 38.9 Å². The maximum absolute atomic E-state index is 14.6. The molecule has 1 unspecified atom stereocenters. The average Bonchev–Trinajstić information content (AvgIpc) is 3.17. The number of aliphatic hydroxyl groups is 1. The molecule has 3 aromatic rings. The van der Waals surface area contributed by atoms with E-state index in [-0.39, 0.29) is 25.3 Å². The van der Waals surface area contributed by atoms with Gasteiger partial charge in [-0.15, -0.1) is 0 Å². The van der Waals surface area contributed by atoms with E-state index >= 15 is 0 Å². The molecule has 1 amide bonds. The van der Waals surface area contributed by atoms with Gasteiger partial charge in [-0.05, 0) is 24.3 Å². The largest absolute Gasteiger partial charge is 0.482 e. The topological polar surface area (TPSA) is 80.5 Å². The summed E-state index contributed by atoms with van der Waals surface area (Å²) in [5, 5.41) is 15.8. The van der Waals surface area contributed by atoms with Crippen LogP contribution in [0.25, 0.3) is 0 Å². The zero-order valence-electron chi connectivity index (χ0n) is 14.9. The average molecular weight is 421 g/mol. The SMILES string of the molecule is O=C1COc2ccc(Cl)cc2N1CC(O)(Cn1cncn1)c1ccc(F)cc1F. The van der Waals surface area contributed by atoms with Gasteiger partial charge in [-0.3, -0.25) is 4.79 Å². The van der Waals surface area contributed by atoms with E-state index in [0.717, 1.165) is 12.1 Å². The molecular formula is C19H15ClF2N4O3. The van der Waals surface area contributed by atoms with Crippen LogP contribution in [0.4, 0.5) is 14.5 Å². The molecule has 0 spiro atoms. The van der Waals surface area contributed by atoms with E-state index in [1.165, 1.54) is 28.3 Å². The highest BCUT2D eigenvalue weighted by Crippen LogP contribution is 2.37. The van der Waals surface area contributed by atoms with E-state index in [0.29, 0.717) is 22.5 Å². The molecule has 0 fully saturated rings. The Morgan fingerprint density at radius 2 is 2.03 bits per heavy atom. The summed E-state index contributed by atoms with van der Waals surface area (Å²) in [5.41, 5.74) is -1.79. The number of hydrogen-bond acceptors (Lipinski definition) is 5. The van der Waals surface area contributed by atoms with E-state index in [1.807, 2.05) is 0 Å². The molecule has 0 bridgehead atoms. The van der Waals surface area contributed by atoms with Crippen molar-refractivity contribution in [3.8, 4) is 5.75 Å². The minimum Gasteiger partial charge on any atom is -0.482 e.